The van der Waals surface area contributed by atoms with Crippen molar-refractivity contribution in [3.8, 4) is 0 Å². The predicted octanol–water partition coefficient (Wildman–Crippen LogP) is 1.95. The third-order valence-electron chi connectivity index (χ3n) is 3.08. The summed E-state index contributed by atoms with van der Waals surface area (Å²) in [5, 5.41) is 0. The lowest BCUT2D eigenvalue weighted by atomic mass is 10.1. The average molecular weight is 338 g/mol. The Labute approximate surface area is 128 Å². The number of hydrogen-bond acceptors (Lipinski definition) is 5. The molecule has 108 valence electrons. The standard InChI is InChI=1S/C14H20BrN5/c1-19(2)5-3-4-11-6-12(8-17-7-11)20-10-14(16)18-9-13(20)15/h6-9H,3-5,10H2,1-2H3,(H2,16,18). The second-order valence-corrected chi connectivity index (χ2v) is 5.93. The number of pyridine rings is 1. The van der Waals surface area contributed by atoms with Crippen LogP contribution in [0.15, 0.2) is 34.3 Å². The van der Waals surface area contributed by atoms with E-state index in [2.05, 4.69) is 55.9 Å². The van der Waals surface area contributed by atoms with Crippen molar-refractivity contribution in [3.63, 3.8) is 0 Å². The van der Waals surface area contributed by atoms with Crippen LogP contribution in [0.25, 0.3) is 0 Å². The van der Waals surface area contributed by atoms with E-state index in [0.29, 0.717) is 12.4 Å². The number of aryl methyl sites for hydroxylation is 1. The molecule has 0 unspecified atom stereocenters. The molecule has 5 nitrogen and oxygen atoms in total. The van der Waals surface area contributed by atoms with Crippen LogP contribution in [0.5, 0.6) is 0 Å². The summed E-state index contributed by atoms with van der Waals surface area (Å²) in [6.45, 7) is 1.66. The number of amidine groups is 1. The third-order valence-corrected chi connectivity index (χ3v) is 3.71. The Bertz CT molecular complexity index is 524. The second kappa shape index (κ2) is 6.85. The van der Waals surface area contributed by atoms with Gasteiger partial charge in [0.25, 0.3) is 0 Å². The first-order valence-corrected chi connectivity index (χ1v) is 7.39. The van der Waals surface area contributed by atoms with Crippen molar-refractivity contribution in [3.05, 3.63) is 34.8 Å². The van der Waals surface area contributed by atoms with E-state index < -0.39 is 0 Å². The van der Waals surface area contributed by atoms with Crippen molar-refractivity contribution in [2.24, 2.45) is 10.7 Å². The molecular formula is C14H20BrN5. The van der Waals surface area contributed by atoms with Gasteiger partial charge in [0.15, 0.2) is 0 Å². The van der Waals surface area contributed by atoms with Crippen LogP contribution in [-0.4, -0.2) is 42.9 Å². The number of anilines is 1. The molecule has 2 N–H and O–H groups in total. The van der Waals surface area contributed by atoms with Crippen LogP contribution in [-0.2, 0) is 6.42 Å². The molecule has 0 amide bonds. The van der Waals surface area contributed by atoms with Gasteiger partial charge in [0, 0.05) is 6.20 Å². The van der Waals surface area contributed by atoms with Crippen molar-refractivity contribution >= 4 is 27.5 Å². The Morgan fingerprint density at radius 2 is 2.20 bits per heavy atom. The zero-order chi connectivity index (χ0) is 14.5. The second-order valence-electron chi connectivity index (χ2n) is 5.12. The van der Waals surface area contributed by atoms with Gasteiger partial charge in [0.05, 0.1) is 24.6 Å². The normalized spacial score (nSPS) is 15.3. The molecule has 1 aliphatic rings. The number of hydrogen-bond donors (Lipinski definition) is 1. The fourth-order valence-electron chi connectivity index (χ4n) is 2.06. The minimum absolute atomic E-state index is 0.583. The summed E-state index contributed by atoms with van der Waals surface area (Å²) in [6.07, 6.45) is 7.65. The Balaban J connectivity index is 2.06. The van der Waals surface area contributed by atoms with E-state index in [-0.39, 0.29) is 0 Å². The summed E-state index contributed by atoms with van der Waals surface area (Å²) >= 11 is 3.51. The molecule has 0 spiro atoms. The Kier molecular flexibility index (Phi) is 5.14. The smallest absolute Gasteiger partial charge is 0.119 e. The van der Waals surface area contributed by atoms with Gasteiger partial charge in [-0.2, -0.15) is 0 Å². The van der Waals surface area contributed by atoms with Gasteiger partial charge in [-0.15, -0.1) is 0 Å². The van der Waals surface area contributed by atoms with E-state index in [9.17, 15) is 0 Å². The Morgan fingerprint density at radius 1 is 1.40 bits per heavy atom. The topological polar surface area (TPSA) is 57.8 Å². The van der Waals surface area contributed by atoms with Crippen molar-refractivity contribution in [1.29, 1.82) is 0 Å². The van der Waals surface area contributed by atoms with Crippen LogP contribution in [0.1, 0.15) is 12.0 Å². The molecule has 1 aliphatic heterocycles. The van der Waals surface area contributed by atoms with Gasteiger partial charge < -0.3 is 15.5 Å². The zero-order valence-electron chi connectivity index (χ0n) is 11.9. The first-order chi connectivity index (χ1) is 9.56. The van der Waals surface area contributed by atoms with Gasteiger partial charge in [-0.25, -0.2) is 4.99 Å². The van der Waals surface area contributed by atoms with Gasteiger partial charge in [0.2, 0.25) is 0 Å². The summed E-state index contributed by atoms with van der Waals surface area (Å²) in [6, 6.07) is 2.16. The number of halogens is 1. The van der Waals surface area contributed by atoms with Crippen LogP contribution in [0.3, 0.4) is 0 Å². The van der Waals surface area contributed by atoms with E-state index in [1.54, 1.807) is 6.20 Å². The maximum absolute atomic E-state index is 5.79. The highest BCUT2D eigenvalue weighted by molar-refractivity contribution is 9.11. The van der Waals surface area contributed by atoms with Crippen molar-refractivity contribution in [2.75, 3.05) is 32.1 Å². The molecule has 0 bridgehead atoms. The molecule has 2 heterocycles. The number of rotatable bonds is 5. The molecule has 2 rings (SSSR count). The zero-order valence-corrected chi connectivity index (χ0v) is 13.5. The first-order valence-electron chi connectivity index (χ1n) is 6.60. The Morgan fingerprint density at radius 3 is 2.95 bits per heavy atom. The van der Waals surface area contributed by atoms with E-state index >= 15 is 0 Å². The Hall–Kier alpha value is -1.40. The minimum atomic E-state index is 0.583. The number of nitrogens with zero attached hydrogens (tertiary/aromatic N) is 4. The van der Waals surface area contributed by atoms with Crippen molar-refractivity contribution in [2.45, 2.75) is 12.8 Å². The van der Waals surface area contributed by atoms with Crippen LogP contribution in [0.2, 0.25) is 0 Å². The first kappa shape index (κ1) is 15.0. The molecule has 1 aromatic heterocycles. The van der Waals surface area contributed by atoms with Gasteiger partial charge in [-0.05, 0) is 61.0 Å². The fourth-order valence-corrected chi connectivity index (χ4v) is 2.49. The lowest BCUT2D eigenvalue weighted by molar-refractivity contribution is 0.400. The largest absolute Gasteiger partial charge is 0.386 e. The van der Waals surface area contributed by atoms with Gasteiger partial charge in [0.1, 0.15) is 10.4 Å². The minimum Gasteiger partial charge on any atom is -0.386 e. The molecular weight excluding hydrogens is 318 g/mol. The highest BCUT2D eigenvalue weighted by Gasteiger charge is 2.15. The molecule has 0 saturated heterocycles. The molecule has 0 aliphatic carbocycles. The predicted molar refractivity (Wildman–Crippen MR) is 87.1 cm³/mol. The van der Waals surface area contributed by atoms with Crippen LogP contribution < -0.4 is 10.6 Å². The molecule has 6 heteroatoms. The quantitative estimate of drug-likeness (QED) is 0.834. The third kappa shape index (κ3) is 4.05. The molecule has 0 aromatic carbocycles. The van der Waals surface area contributed by atoms with Crippen LogP contribution in [0, 0.1) is 0 Å². The molecule has 1 aromatic rings. The molecule has 0 fully saturated rings. The van der Waals surface area contributed by atoms with Crippen LogP contribution >= 0.6 is 15.9 Å². The lowest BCUT2D eigenvalue weighted by Crippen LogP contribution is -2.34. The van der Waals surface area contributed by atoms with E-state index in [1.807, 2.05) is 12.4 Å². The monoisotopic (exact) mass is 337 g/mol. The highest BCUT2D eigenvalue weighted by atomic mass is 79.9. The number of aromatic nitrogens is 1. The summed E-state index contributed by atoms with van der Waals surface area (Å²) in [5.74, 6) is 0.603. The SMILES string of the molecule is CN(C)CCCc1cncc(N2CC(N)=NC=C2Br)c1. The van der Waals surface area contributed by atoms with E-state index in [4.69, 9.17) is 5.73 Å². The summed E-state index contributed by atoms with van der Waals surface area (Å²) in [7, 11) is 4.18. The van der Waals surface area contributed by atoms with Gasteiger partial charge in [-0.1, -0.05) is 0 Å². The number of aliphatic imine (C=N–C) groups is 1. The maximum Gasteiger partial charge on any atom is 0.119 e. The van der Waals surface area contributed by atoms with Crippen molar-refractivity contribution in [1.82, 2.24) is 9.88 Å². The van der Waals surface area contributed by atoms with E-state index in [0.717, 1.165) is 29.7 Å². The average Bonchev–Trinajstić information content (AvgIpc) is 2.41. The molecule has 0 saturated carbocycles. The van der Waals surface area contributed by atoms with Crippen molar-refractivity contribution < 1.29 is 0 Å². The number of nitrogens with two attached hydrogens (primary N) is 1. The summed E-state index contributed by atoms with van der Waals surface area (Å²) in [4.78, 5) is 12.7. The maximum atomic E-state index is 5.79. The van der Waals surface area contributed by atoms with E-state index in [1.165, 1.54) is 5.56 Å². The summed E-state index contributed by atoms with van der Waals surface area (Å²) in [5.41, 5.74) is 8.07. The van der Waals surface area contributed by atoms with Gasteiger partial charge in [-0.3, -0.25) is 4.98 Å². The summed E-state index contributed by atoms with van der Waals surface area (Å²) < 4.78 is 0.902. The van der Waals surface area contributed by atoms with Crippen LogP contribution in [0.4, 0.5) is 5.69 Å². The molecule has 20 heavy (non-hydrogen) atoms. The molecule has 0 atom stereocenters. The highest BCUT2D eigenvalue weighted by Crippen LogP contribution is 2.25. The fraction of sp³-hybridized carbons (Fsp3) is 0.429. The lowest BCUT2D eigenvalue weighted by Gasteiger charge is -2.26. The van der Waals surface area contributed by atoms with Gasteiger partial charge >= 0.3 is 0 Å². The molecule has 0 radical (unpaired) electrons.